The van der Waals surface area contributed by atoms with E-state index >= 15 is 0 Å². The van der Waals surface area contributed by atoms with E-state index in [2.05, 4.69) is 11.7 Å². The third-order valence-corrected chi connectivity index (χ3v) is 5.19. The van der Waals surface area contributed by atoms with Crippen molar-refractivity contribution >= 4 is 23.3 Å². The second kappa shape index (κ2) is 9.04. The van der Waals surface area contributed by atoms with Gasteiger partial charge in [-0.1, -0.05) is 42.1 Å². The van der Waals surface area contributed by atoms with Crippen molar-refractivity contribution in [1.82, 2.24) is 5.16 Å². The summed E-state index contributed by atoms with van der Waals surface area (Å²) in [6.45, 7) is 5.61. The molecule has 4 rings (SSSR count). The highest BCUT2D eigenvalue weighted by molar-refractivity contribution is 6.51. The average Bonchev–Trinajstić information content (AvgIpc) is 3.37. The summed E-state index contributed by atoms with van der Waals surface area (Å²) in [5.41, 5.74) is 0.823. The van der Waals surface area contributed by atoms with Crippen molar-refractivity contribution in [3.05, 3.63) is 89.7 Å². The van der Waals surface area contributed by atoms with Crippen LogP contribution in [0.3, 0.4) is 0 Å². The van der Waals surface area contributed by atoms with E-state index in [1.54, 1.807) is 67.6 Å². The number of anilines is 1. The lowest BCUT2D eigenvalue weighted by atomic mass is 9.95. The molecule has 1 amide bonds. The van der Waals surface area contributed by atoms with Crippen LogP contribution in [-0.2, 0) is 9.59 Å². The smallest absolute Gasteiger partial charge is 0.301 e. The molecule has 1 aliphatic heterocycles. The Morgan fingerprint density at radius 1 is 1.18 bits per heavy atom. The molecule has 8 nitrogen and oxygen atoms in total. The molecule has 1 saturated heterocycles. The average molecular weight is 446 g/mol. The van der Waals surface area contributed by atoms with E-state index in [0.717, 1.165) is 0 Å². The monoisotopic (exact) mass is 446 g/mol. The lowest BCUT2D eigenvalue weighted by Crippen LogP contribution is -2.29. The number of aryl methyl sites for hydroxylation is 1. The number of hydrogen-bond acceptors (Lipinski definition) is 7. The van der Waals surface area contributed by atoms with Crippen molar-refractivity contribution in [2.45, 2.75) is 13.0 Å². The molecule has 0 bridgehead atoms. The van der Waals surface area contributed by atoms with Crippen molar-refractivity contribution in [2.24, 2.45) is 0 Å². The Morgan fingerprint density at radius 3 is 2.64 bits per heavy atom. The van der Waals surface area contributed by atoms with Crippen LogP contribution in [0.15, 0.2) is 77.3 Å². The van der Waals surface area contributed by atoms with E-state index in [1.165, 1.54) is 12.0 Å². The number of benzene rings is 2. The predicted octanol–water partition coefficient (Wildman–Crippen LogP) is 4.18. The number of carbonyl (C=O) groups is 2. The third-order valence-electron chi connectivity index (χ3n) is 5.19. The first kappa shape index (κ1) is 21.9. The van der Waals surface area contributed by atoms with Gasteiger partial charge in [-0.15, -0.1) is 0 Å². The number of carbonyl (C=O) groups excluding carboxylic acids is 2. The maximum Gasteiger partial charge on any atom is 0.301 e. The minimum Gasteiger partial charge on any atom is -0.507 e. The normalized spacial score (nSPS) is 17.3. The Kier molecular flexibility index (Phi) is 5.99. The number of nitrogens with zero attached hydrogens (tertiary/aromatic N) is 2. The number of ketones is 1. The van der Waals surface area contributed by atoms with Gasteiger partial charge in [-0.2, -0.15) is 0 Å². The Hall–Kier alpha value is -4.33. The van der Waals surface area contributed by atoms with Gasteiger partial charge in [0.15, 0.2) is 5.82 Å². The van der Waals surface area contributed by atoms with E-state index in [1.807, 2.05) is 0 Å². The largest absolute Gasteiger partial charge is 0.507 e. The van der Waals surface area contributed by atoms with Gasteiger partial charge in [0.05, 0.1) is 18.7 Å². The van der Waals surface area contributed by atoms with E-state index in [-0.39, 0.29) is 23.8 Å². The van der Waals surface area contributed by atoms with Gasteiger partial charge in [-0.25, -0.2) is 0 Å². The topological polar surface area (TPSA) is 102 Å². The van der Waals surface area contributed by atoms with Crippen LogP contribution >= 0.6 is 0 Å². The standard InChI is InChI=1S/C25H22N2O6/c1-4-11-32-19-10-5-7-16(13-19)22-21(23(28)17-8-6-9-18(14-17)31-3)24(29)25(30)27(22)20-12-15(2)33-26-20/h4-10,12-14,22,28H,1,11H2,2-3H3/b23-21+/t22-/m1/s1. The van der Waals surface area contributed by atoms with Crippen molar-refractivity contribution in [3.8, 4) is 11.5 Å². The van der Waals surface area contributed by atoms with E-state index in [4.69, 9.17) is 14.0 Å². The number of aliphatic hydroxyl groups excluding tert-OH is 1. The van der Waals surface area contributed by atoms with E-state index in [0.29, 0.717) is 28.4 Å². The van der Waals surface area contributed by atoms with Crippen LogP contribution in [0.25, 0.3) is 5.76 Å². The Morgan fingerprint density at radius 2 is 1.94 bits per heavy atom. The van der Waals surface area contributed by atoms with Crippen molar-refractivity contribution in [1.29, 1.82) is 0 Å². The predicted molar refractivity (Wildman–Crippen MR) is 121 cm³/mol. The molecule has 3 aromatic rings. The summed E-state index contributed by atoms with van der Waals surface area (Å²) in [5, 5.41) is 15.1. The molecule has 0 spiro atoms. The second-order valence-electron chi connectivity index (χ2n) is 7.37. The van der Waals surface area contributed by atoms with Crippen molar-refractivity contribution in [2.75, 3.05) is 18.6 Å². The number of aliphatic hydroxyl groups is 1. The fraction of sp³-hybridized carbons (Fsp3) is 0.160. The summed E-state index contributed by atoms with van der Waals surface area (Å²) in [6, 6.07) is 14.2. The molecule has 1 atom stereocenters. The zero-order valence-electron chi connectivity index (χ0n) is 18.1. The van der Waals surface area contributed by atoms with Crippen LogP contribution < -0.4 is 14.4 Å². The van der Waals surface area contributed by atoms with Crippen LogP contribution in [0, 0.1) is 6.92 Å². The number of hydrogen-bond donors (Lipinski definition) is 1. The first-order valence-corrected chi connectivity index (χ1v) is 10.2. The molecule has 8 heteroatoms. The molecular formula is C25H22N2O6. The molecule has 168 valence electrons. The minimum atomic E-state index is -0.951. The number of methoxy groups -OCH3 is 1. The number of ether oxygens (including phenoxy) is 2. The van der Waals surface area contributed by atoms with Crippen LogP contribution in [-0.4, -0.2) is 35.7 Å². The highest BCUT2D eigenvalue weighted by Crippen LogP contribution is 2.42. The molecule has 1 aliphatic rings. The lowest BCUT2D eigenvalue weighted by molar-refractivity contribution is -0.132. The van der Waals surface area contributed by atoms with Crippen molar-refractivity contribution < 1.29 is 28.7 Å². The molecule has 1 N–H and O–H groups in total. The summed E-state index contributed by atoms with van der Waals surface area (Å²) in [7, 11) is 1.50. The Bertz CT molecular complexity index is 1260. The van der Waals surface area contributed by atoms with E-state index < -0.39 is 17.7 Å². The SMILES string of the molecule is C=CCOc1cccc([C@@H]2/C(=C(\O)c3cccc(OC)c3)C(=O)C(=O)N2c2cc(C)on2)c1. The van der Waals surface area contributed by atoms with E-state index in [9.17, 15) is 14.7 Å². The molecule has 1 aromatic heterocycles. The zero-order chi connectivity index (χ0) is 23.5. The minimum absolute atomic E-state index is 0.0743. The molecule has 1 fully saturated rings. The molecule has 2 heterocycles. The summed E-state index contributed by atoms with van der Waals surface area (Å²) in [6.07, 6.45) is 1.61. The van der Waals surface area contributed by atoms with Crippen LogP contribution in [0.4, 0.5) is 5.82 Å². The highest BCUT2D eigenvalue weighted by atomic mass is 16.5. The number of amides is 1. The highest BCUT2D eigenvalue weighted by Gasteiger charge is 2.48. The van der Waals surface area contributed by atoms with Gasteiger partial charge in [0.25, 0.3) is 5.78 Å². The van der Waals surface area contributed by atoms with Crippen LogP contribution in [0.1, 0.15) is 22.9 Å². The van der Waals surface area contributed by atoms with Crippen LogP contribution in [0.2, 0.25) is 0 Å². The quantitative estimate of drug-likeness (QED) is 0.251. The molecular weight excluding hydrogens is 424 g/mol. The van der Waals surface area contributed by atoms with Gasteiger partial charge in [0, 0.05) is 11.6 Å². The first-order valence-electron chi connectivity index (χ1n) is 10.2. The second-order valence-corrected chi connectivity index (χ2v) is 7.37. The third kappa shape index (κ3) is 4.10. The van der Waals surface area contributed by atoms with Gasteiger partial charge in [-0.3, -0.25) is 14.5 Å². The maximum absolute atomic E-state index is 13.2. The zero-order valence-corrected chi connectivity index (χ0v) is 18.1. The Balaban J connectivity index is 1.91. The van der Waals surface area contributed by atoms with Gasteiger partial charge in [0.1, 0.15) is 29.6 Å². The lowest BCUT2D eigenvalue weighted by Gasteiger charge is -2.23. The molecule has 0 saturated carbocycles. The molecule has 0 unspecified atom stereocenters. The van der Waals surface area contributed by atoms with Gasteiger partial charge in [-0.05, 0) is 36.8 Å². The summed E-state index contributed by atoms with van der Waals surface area (Å²) < 4.78 is 16.0. The number of Topliss-reactive ketones (excluding diaryl/α,β-unsaturated/α-hetero) is 1. The Labute approximate surface area is 190 Å². The molecule has 0 radical (unpaired) electrons. The van der Waals surface area contributed by atoms with Gasteiger partial charge < -0.3 is 19.1 Å². The first-order chi connectivity index (χ1) is 15.9. The fourth-order valence-electron chi connectivity index (χ4n) is 3.71. The summed E-state index contributed by atoms with van der Waals surface area (Å²) in [5.74, 6) is -0.318. The molecule has 33 heavy (non-hydrogen) atoms. The number of rotatable bonds is 7. The molecule has 0 aliphatic carbocycles. The van der Waals surface area contributed by atoms with Gasteiger partial charge in [0.2, 0.25) is 0 Å². The van der Waals surface area contributed by atoms with Crippen LogP contribution in [0.5, 0.6) is 11.5 Å². The summed E-state index contributed by atoms with van der Waals surface area (Å²) >= 11 is 0. The number of aromatic nitrogens is 1. The van der Waals surface area contributed by atoms with Gasteiger partial charge >= 0.3 is 5.91 Å². The summed E-state index contributed by atoms with van der Waals surface area (Å²) in [4.78, 5) is 27.5. The van der Waals surface area contributed by atoms with Crippen molar-refractivity contribution in [3.63, 3.8) is 0 Å². The fourth-order valence-corrected chi connectivity index (χ4v) is 3.71. The maximum atomic E-state index is 13.2. The molecule has 2 aromatic carbocycles.